The zero-order valence-corrected chi connectivity index (χ0v) is 9.18. The molecule has 0 fully saturated rings. The second-order valence-electron chi connectivity index (χ2n) is 3.42. The Hall–Kier alpha value is -1.91. The van der Waals surface area contributed by atoms with Crippen LogP contribution < -0.4 is 10.3 Å². The number of ketones is 1. The van der Waals surface area contributed by atoms with Crippen molar-refractivity contribution in [2.45, 2.75) is 19.4 Å². The highest BCUT2D eigenvalue weighted by Crippen LogP contribution is 1.96. The third-order valence-corrected chi connectivity index (χ3v) is 2.11. The zero-order chi connectivity index (χ0) is 12.0. The molecule has 2 N–H and O–H groups in total. The van der Waals surface area contributed by atoms with E-state index in [2.05, 4.69) is 4.74 Å². The summed E-state index contributed by atoms with van der Waals surface area (Å²) in [4.78, 5) is 22.3. The number of carbonyl (C=O) groups is 2. The number of anilines is 1. The van der Waals surface area contributed by atoms with Crippen LogP contribution in [0.2, 0.25) is 0 Å². The molecule has 86 valence electrons. The van der Waals surface area contributed by atoms with E-state index in [1.165, 1.54) is 7.11 Å². The molecule has 0 saturated heterocycles. The van der Waals surface area contributed by atoms with E-state index in [1.54, 1.807) is 29.1 Å². The van der Waals surface area contributed by atoms with Gasteiger partial charge in [-0.15, -0.1) is 0 Å². The van der Waals surface area contributed by atoms with Gasteiger partial charge in [-0.05, 0) is 0 Å². The quantitative estimate of drug-likeness (QED) is 0.566. The number of hydrogen-bond acceptors (Lipinski definition) is 4. The SMILES string of the molecule is COC(=O)CCC(=O)C[n+]1ccc(N)cc1. The Morgan fingerprint density at radius 2 is 1.94 bits per heavy atom. The first-order chi connectivity index (χ1) is 7.61. The van der Waals surface area contributed by atoms with Gasteiger partial charge in [0, 0.05) is 24.2 Å². The summed E-state index contributed by atoms with van der Waals surface area (Å²) >= 11 is 0. The lowest BCUT2D eigenvalue weighted by atomic mass is 10.2. The second kappa shape index (κ2) is 5.85. The third kappa shape index (κ3) is 4.08. The first kappa shape index (κ1) is 12.2. The molecular formula is C11H15N2O3+. The van der Waals surface area contributed by atoms with Crippen LogP contribution in [0, 0.1) is 0 Å². The van der Waals surface area contributed by atoms with Gasteiger partial charge in [-0.25, -0.2) is 0 Å². The van der Waals surface area contributed by atoms with Crippen LogP contribution in [0.25, 0.3) is 0 Å². The van der Waals surface area contributed by atoms with Gasteiger partial charge < -0.3 is 10.5 Å². The van der Waals surface area contributed by atoms with Gasteiger partial charge >= 0.3 is 5.97 Å². The van der Waals surface area contributed by atoms with Crippen LogP contribution in [-0.4, -0.2) is 18.9 Å². The summed E-state index contributed by atoms with van der Waals surface area (Å²) < 4.78 is 6.17. The van der Waals surface area contributed by atoms with Crippen LogP contribution in [0.3, 0.4) is 0 Å². The first-order valence-electron chi connectivity index (χ1n) is 4.95. The summed E-state index contributed by atoms with van der Waals surface area (Å²) in [6.45, 7) is 0.247. The fourth-order valence-corrected chi connectivity index (χ4v) is 1.20. The minimum atomic E-state index is -0.365. The van der Waals surface area contributed by atoms with E-state index in [1.807, 2.05) is 0 Å². The summed E-state index contributed by atoms with van der Waals surface area (Å²) in [5, 5.41) is 0. The lowest BCUT2D eigenvalue weighted by Crippen LogP contribution is -2.37. The standard InChI is InChI=1S/C11H14N2O3/c1-16-11(15)3-2-10(14)8-13-6-4-9(12)5-7-13/h4-7,12H,2-3,8H2,1H3/p+1. The van der Waals surface area contributed by atoms with Crippen molar-refractivity contribution < 1.29 is 18.9 Å². The van der Waals surface area contributed by atoms with Gasteiger partial charge in [0.05, 0.1) is 13.5 Å². The summed E-state index contributed by atoms with van der Waals surface area (Å²) in [6, 6.07) is 3.43. The molecule has 0 amide bonds. The van der Waals surface area contributed by atoms with E-state index in [0.717, 1.165) is 0 Å². The number of nitrogen functional groups attached to an aromatic ring is 1. The third-order valence-electron chi connectivity index (χ3n) is 2.11. The van der Waals surface area contributed by atoms with Gasteiger partial charge in [0.15, 0.2) is 18.2 Å². The number of hydrogen-bond donors (Lipinski definition) is 1. The summed E-state index contributed by atoms with van der Waals surface area (Å²) in [5.41, 5.74) is 6.17. The fourth-order valence-electron chi connectivity index (χ4n) is 1.20. The number of pyridine rings is 1. The van der Waals surface area contributed by atoms with Crippen molar-refractivity contribution in [3.63, 3.8) is 0 Å². The van der Waals surface area contributed by atoms with Gasteiger partial charge in [0.25, 0.3) is 0 Å². The molecule has 5 nitrogen and oxygen atoms in total. The second-order valence-corrected chi connectivity index (χ2v) is 3.42. The average Bonchev–Trinajstić information content (AvgIpc) is 2.29. The highest BCUT2D eigenvalue weighted by Gasteiger charge is 2.11. The molecule has 5 heteroatoms. The molecule has 0 aliphatic rings. The van der Waals surface area contributed by atoms with Crippen molar-refractivity contribution in [1.29, 1.82) is 0 Å². The monoisotopic (exact) mass is 223 g/mol. The topological polar surface area (TPSA) is 73.3 Å². The van der Waals surface area contributed by atoms with E-state index >= 15 is 0 Å². The summed E-state index contributed by atoms with van der Waals surface area (Å²) in [5.74, 6) is -0.379. The minimum absolute atomic E-state index is 0.0137. The normalized spacial score (nSPS) is 9.81. The smallest absolute Gasteiger partial charge is 0.305 e. The Morgan fingerprint density at radius 3 is 2.50 bits per heavy atom. The van der Waals surface area contributed by atoms with Gasteiger partial charge in [0.1, 0.15) is 0 Å². The highest BCUT2D eigenvalue weighted by molar-refractivity contribution is 5.81. The Balaban J connectivity index is 2.40. The lowest BCUT2D eigenvalue weighted by molar-refractivity contribution is -0.684. The predicted octanol–water partition coefficient (Wildman–Crippen LogP) is 0.0786. The van der Waals surface area contributed by atoms with Crippen LogP contribution in [-0.2, 0) is 20.9 Å². The van der Waals surface area contributed by atoms with Crippen molar-refractivity contribution in [2.24, 2.45) is 0 Å². The van der Waals surface area contributed by atoms with Crippen molar-refractivity contribution in [3.8, 4) is 0 Å². The van der Waals surface area contributed by atoms with Crippen molar-refractivity contribution in [2.75, 3.05) is 12.8 Å². The van der Waals surface area contributed by atoms with E-state index in [4.69, 9.17) is 5.73 Å². The molecule has 0 saturated carbocycles. The highest BCUT2D eigenvalue weighted by atomic mass is 16.5. The molecule has 0 bridgehead atoms. The number of ether oxygens (including phenoxy) is 1. The Labute approximate surface area is 93.8 Å². The number of esters is 1. The lowest BCUT2D eigenvalue weighted by Gasteiger charge is -1.98. The molecular weight excluding hydrogens is 208 g/mol. The molecule has 0 unspecified atom stereocenters. The first-order valence-corrected chi connectivity index (χ1v) is 4.95. The molecule has 0 aromatic carbocycles. The van der Waals surface area contributed by atoms with Crippen LogP contribution in [0.15, 0.2) is 24.5 Å². The molecule has 0 radical (unpaired) electrons. The molecule has 0 aliphatic heterocycles. The largest absolute Gasteiger partial charge is 0.469 e. The Kier molecular flexibility index (Phi) is 4.44. The summed E-state index contributed by atoms with van der Waals surface area (Å²) in [7, 11) is 1.31. The Bertz CT molecular complexity index is 373. The van der Waals surface area contributed by atoms with Crippen molar-refractivity contribution in [3.05, 3.63) is 24.5 Å². The van der Waals surface area contributed by atoms with E-state index in [9.17, 15) is 9.59 Å². The fraction of sp³-hybridized carbons (Fsp3) is 0.364. The van der Waals surface area contributed by atoms with E-state index < -0.39 is 0 Å². The number of methoxy groups -OCH3 is 1. The number of Topliss-reactive ketones (excluding diaryl/α,β-unsaturated/α-hetero) is 1. The maximum Gasteiger partial charge on any atom is 0.305 e. The zero-order valence-electron chi connectivity index (χ0n) is 9.18. The van der Waals surface area contributed by atoms with Crippen molar-refractivity contribution >= 4 is 17.4 Å². The number of aromatic nitrogens is 1. The van der Waals surface area contributed by atoms with Gasteiger partial charge in [-0.2, -0.15) is 4.57 Å². The maximum atomic E-state index is 11.5. The van der Waals surface area contributed by atoms with Crippen molar-refractivity contribution in [1.82, 2.24) is 0 Å². The molecule has 0 spiro atoms. The number of rotatable bonds is 5. The van der Waals surface area contributed by atoms with E-state index in [0.29, 0.717) is 5.69 Å². The molecule has 1 heterocycles. The van der Waals surface area contributed by atoms with Crippen LogP contribution in [0.4, 0.5) is 5.69 Å². The van der Waals surface area contributed by atoms with E-state index in [-0.39, 0.29) is 31.1 Å². The van der Waals surface area contributed by atoms with Gasteiger partial charge in [0.2, 0.25) is 6.54 Å². The molecule has 16 heavy (non-hydrogen) atoms. The Morgan fingerprint density at radius 1 is 1.31 bits per heavy atom. The number of nitrogens with zero attached hydrogens (tertiary/aromatic N) is 1. The van der Waals surface area contributed by atoms with Crippen LogP contribution >= 0.6 is 0 Å². The number of nitrogens with two attached hydrogens (primary N) is 1. The number of carbonyl (C=O) groups excluding carboxylic acids is 2. The summed E-state index contributed by atoms with van der Waals surface area (Å²) in [6.07, 6.45) is 3.78. The molecule has 1 rings (SSSR count). The van der Waals surface area contributed by atoms with Crippen LogP contribution in [0.5, 0.6) is 0 Å². The maximum absolute atomic E-state index is 11.5. The molecule has 1 aromatic heterocycles. The average molecular weight is 223 g/mol. The van der Waals surface area contributed by atoms with Crippen LogP contribution in [0.1, 0.15) is 12.8 Å². The molecule has 0 atom stereocenters. The predicted molar refractivity (Wildman–Crippen MR) is 57.3 cm³/mol. The van der Waals surface area contributed by atoms with Gasteiger partial charge in [-0.1, -0.05) is 0 Å². The van der Waals surface area contributed by atoms with Gasteiger partial charge in [-0.3, -0.25) is 9.59 Å². The minimum Gasteiger partial charge on any atom is -0.469 e. The molecule has 1 aromatic rings. The molecule has 0 aliphatic carbocycles.